The van der Waals surface area contributed by atoms with Crippen LogP contribution in [-0.4, -0.2) is 25.2 Å². The molecule has 0 spiro atoms. The van der Waals surface area contributed by atoms with E-state index in [0.29, 0.717) is 12.3 Å². The van der Waals surface area contributed by atoms with Crippen LogP contribution in [-0.2, 0) is 6.42 Å². The summed E-state index contributed by atoms with van der Waals surface area (Å²) in [6, 6.07) is 1.86. The minimum absolute atomic E-state index is 0.0574. The molecular formula is C10H16N2O2. The van der Waals surface area contributed by atoms with Gasteiger partial charge in [-0.05, 0) is 19.4 Å². The Morgan fingerprint density at radius 1 is 1.43 bits per heavy atom. The number of rotatable bonds is 4. The summed E-state index contributed by atoms with van der Waals surface area (Å²) < 4.78 is 10.4. The van der Waals surface area contributed by atoms with Gasteiger partial charge in [0.15, 0.2) is 0 Å². The van der Waals surface area contributed by atoms with Gasteiger partial charge in [-0.15, -0.1) is 0 Å². The maximum atomic E-state index is 5.73. The monoisotopic (exact) mass is 196 g/mol. The molecule has 4 nitrogen and oxygen atoms in total. The van der Waals surface area contributed by atoms with Crippen molar-refractivity contribution in [2.75, 3.05) is 14.2 Å². The van der Waals surface area contributed by atoms with E-state index >= 15 is 0 Å². The fraction of sp³-hybridized carbons (Fsp3) is 0.500. The summed E-state index contributed by atoms with van der Waals surface area (Å²) in [6.07, 6.45) is 2.35. The van der Waals surface area contributed by atoms with Crippen LogP contribution in [0.4, 0.5) is 0 Å². The summed E-state index contributed by atoms with van der Waals surface area (Å²) in [5.74, 6) is 1.36. The second-order valence-electron chi connectivity index (χ2n) is 3.18. The zero-order valence-electron chi connectivity index (χ0n) is 8.78. The van der Waals surface area contributed by atoms with Crippen molar-refractivity contribution in [1.82, 2.24) is 4.98 Å². The molecule has 14 heavy (non-hydrogen) atoms. The summed E-state index contributed by atoms with van der Waals surface area (Å²) in [5, 5.41) is 0. The lowest BCUT2D eigenvalue weighted by atomic mass is 10.1. The first-order chi connectivity index (χ1) is 6.69. The van der Waals surface area contributed by atoms with Crippen molar-refractivity contribution >= 4 is 0 Å². The molecule has 0 amide bonds. The summed E-state index contributed by atoms with van der Waals surface area (Å²) >= 11 is 0. The maximum Gasteiger partial charge on any atom is 0.220 e. The Balaban J connectivity index is 3.05. The minimum atomic E-state index is 0.0574. The van der Waals surface area contributed by atoms with Crippen molar-refractivity contribution in [2.45, 2.75) is 19.4 Å². The standard InChI is InChI=1S/C10H16N2O2/c1-7(11)6-8-9(13-2)4-5-12-10(8)14-3/h4-5,7H,6,11H2,1-3H3/t7-/m1/s1. The van der Waals surface area contributed by atoms with E-state index < -0.39 is 0 Å². The fourth-order valence-electron chi connectivity index (χ4n) is 1.33. The average molecular weight is 196 g/mol. The SMILES string of the molecule is COc1ccnc(OC)c1C[C@@H](C)N. The smallest absolute Gasteiger partial charge is 0.220 e. The van der Waals surface area contributed by atoms with Gasteiger partial charge in [-0.3, -0.25) is 0 Å². The normalized spacial score (nSPS) is 12.3. The van der Waals surface area contributed by atoms with Crippen molar-refractivity contribution in [1.29, 1.82) is 0 Å². The predicted octanol–water partition coefficient (Wildman–Crippen LogP) is 0.988. The molecule has 1 aromatic heterocycles. The van der Waals surface area contributed by atoms with Gasteiger partial charge in [-0.25, -0.2) is 4.98 Å². The molecule has 0 saturated heterocycles. The van der Waals surface area contributed by atoms with Gasteiger partial charge in [0.05, 0.1) is 19.8 Å². The van der Waals surface area contributed by atoms with E-state index in [9.17, 15) is 0 Å². The highest BCUT2D eigenvalue weighted by Gasteiger charge is 2.12. The first kappa shape index (κ1) is 10.8. The van der Waals surface area contributed by atoms with Gasteiger partial charge in [0, 0.05) is 12.2 Å². The van der Waals surface area contributed by atoms with E-state index in [4.69, 9.17) is 15.2 Å². The van der Waals surface area contributed by atoms with Gasteiger partial charge >= 0.3 is 0 Å². The molecule has 0 fully saturated rings. The van der Waals surface area contributed by atoms with Gasteiger partial charge in [0.1, 0.15) is 5.75 Å². The molecule has 0 saturated carbocycles. The van der Waals surface area contributed by atoms with Crippen LogP contribution >= 0.6 is 0 Å². The third-order valence-corrected chi connectivity index (χ3v) is 1.91. The molecule has 0 aliphatic heterocycles. The first-order valence-corrected chi connectivity index (χ1v) is 4.50. The molecule has 1 atom stereocenters. The van der Waals surface area contributed by atoms with Crippen LogP contribution < -0.4 is 15.2 Å². The molecular weight excluding hydrogens is 180 g/mol. The van der Waals surface area contributed by atoms with Crippen molar-refractivity contribution in [3.8, 4) is 11.6 Å². The summed E-state index contributed by atoms with van der Waals surface area (Å²) in [6.45, 7) is 1.94. The van der Waals surface area contributed by atoms with Crippen molar-refractivity contribution in [2.24, 2.45) is 5.73 Å². The first-order valence-electron chi connectivity index (χ1n) is 4.50. The summed E-state index contributed by atoms with van der Waals surface area (Å²) in [7, 11) is 3.21. The number of aromatic nitrogens is 1. The van der Waals surface area contributed by atoms with Crippen LogP contribution in [0.3, 0.4) is 0 Å². The molecule has 0 bridgehead atoms. The predicted molar refractivity (Wildman–Crippen MR) is 54.7 cm³/mol. The summed E-state index contributed by atoms with van der Waals surface area (Å²) in [4.78, 5) is 4.10. The largest absolute Gasteiger partial charge is 0.496 e. The molecule has 1 heterocycles. The highest BCUT2D eigenvalue weighted by atomic mass is 16.5. The van der Waals surface area contributed by atoms with Crippen LogP contribution in [0.1, 0.15) is 12.5 Å². The highest BCUT2D eigenvalue weighted by Crippen LogP contribution is 2.26. The van der Waals surface area contributed by atoms with E-state index in [2.05, 4.69) is 4.98 Å². The van der Waals surface area contributed by atoms with Crippen molar-refractivity contribution < 1.29 is 9.47 Å². The maximum absolute atomic E-state index is 5.73. The topological polar surface area (TPSA) is 57.4 Å². The van der Waals surface area contributed by atoms with E-state index in [1.807, 2.05) is 6.92 Å². The van der Waals surface area contributed by atoms with Gasteiger partial charge in [-0.1, -0.05) is 0 Å². The van der Waals surface area contributed by atoms with E-state index in [0.717, 1.165) is 11.3 Å². The van der Waals surface area contributed by atoms with Crippen molar-refractivity contribution in [3.63, 3.8) is 0 Å². The average Bonchev–Trinajstić information content (AvgIpc) is 2.17. The van der Waals surface area contributed by atoms with E-state index in [-0.39, 0.29) is 6.04 Å². The van der Waals surface area contributed by atoms with E-state index in [1.165, 1.54) is 0 Å². The molecule has 0 aliphatic carbocycles. The zero-order valence-corrected chi connectivity index (χ0v) is 8.78. The van der Waals surface area contributed by atoms with Crippen LogP contribution in [0, 0.1) is 0 Å². The van der Waals surface area contributed by atoms with Crippen molar-refractivity contribution in [3.05, 3.63) is 17.8 Å². The molecule has 0 radical (unpaired) electrons. The highest BCUT2D eigenvalue weighted by molar-refractivity contribution is 5.40. The number of pyridine rings is 1. The number of nitrogens with two attached hydrogens (primary N) is 1. The van der Waals surface area contributed by atoms with Gasteiger partial charge in [0.25, 0.3) is 0 Å². The quantitative estimate of drug-likeness (QED) is 0.780. The molecule has 78 valence electrons. The molecule has 1 rings (SSSR count). The molecule has 0 aromatic carbocycles. The zero-order chi connectivity index (χ0) is 10.6. The van der Waals surface area contributed by atoms with Gasteiger partial charge < -0.3 is 15.2 Å². The molecule has 0 aliphatic rings. The Labute approximate surface area is 84.0 Å². The second kappa shape index (κ2) is 4.81. The van der Waals surface area contributed by atoms with E-state index in [1.54, 1.807) is 26.5 Å². The van der Waals surface area contributed by atoms with Crippen LogP contribution in [0.15, 0.2) is 12.3 Å². The number of hydrogen-bond acceptors (Lipinski definition) is 4. The lowest BCUT2D eigenvalue weighted by Crippen LogP contribution is -2.19. The van der Waals surface area contributed by atoms with Crippen LogP contribution in [0.2, 0.25) is 0 Å². The Bertz CT molecular complexity index is 278. The molecule has 2 N–H and O–H groups in total. The Hall–Kier alpha value is -1.29. The molecule has 0 unspecified atom stereocenters. The number of hydrogen-bond donors (Lipinski definition) is 1. The lowest BCUT2D eigenvalue weighted by molar-refractivity contribution is 0.371. The lowest BCUT2D eigenvalue weighted by Gasteiger charge is -2.13. The molecule has 1 aromatic rings. The van der Waals surface area contributed by atoms with Crippen LogP contribution in [0.5, 0.6) is 11.6 Å². The second-order valence-corrected chi connectivity index (χ2v) is 3.18. The third-order valence-electron chi connectivity index (χ3n) is 1.91. The number of methoxy groups -OCH3 is 2. The number of nitrogens with zero attached hydrogens (tertiary/aromatic N) is 1. The number of ether oxygens (including phenoxy) is 2. The van der Waals surface area contributed by atoms with Gasteiger partial charge in [-0.2, -0.15) is 0 Å². The van der Waals surface area contributed by atoms with Gasteiger partial charge in [0.2, 0.25) is 5.88 Å². The Morgan fingerprint density at radius 2 is 2.14 bits per heavy atom. The summed E-state index contributed by atoms with van der Waals surface area (Å²) in [5.41, 5.74) is 6.66. The third kappa shape index (κ3) is 2.35. The Kier molecular flexibility index (Phi) is 3.71. The van der Waals surface area contributed by atoms with Crippen LogP contribution in [0.25, 0.3) is 0 Å². The fourth-order valence-corrected chi connectivity index (χ4v) is 1.33. The Morgan fingerprint density at radius 3 is 2.64 bits per heavy atom. The minimum Gasteiger partial charge on any atom is -0.496 e. The molecule has 4 heteroatoms.